The first-order valence-corrected chi connectivity index (χ1v) is 7.31. The molecule has 0 bridgehead atoms. The highest BCUT2D eigenvalue weighted by molar-refractivity contribution is 5.30. The summed E-state index contributed by atoms with van der Waals surface area (Å²) in [4.78, 5) is 0. The van der Waals surface area contributed by atoms with Crippen molar-refractivity contribution in [3.8, 4) is 0 Å². The van der Waals surface area contributed by atoms with Gasteiger partial charge in [-0.05, 0) is 56.2 Å². The maximum absolute atomic E-state index is 3.76. The van der Waals surface area contributed by atoms with E-state index in [-0.39, 0.29) is 0 Å². The van der Waals surface area contributed by atoms with Crippen molar-refractivity contribution in [1.82, 2.24) is 5.32 Å². The molecule has 0 fully saturated rings. The molecule has 1 aromatic carbocycles. The Morgan fingerprint density at radius 2 is 2.00 bits per heavy atom. The summed E-state index contributed by atoms with van der Waals surface area (Å²) in [5.74, 6) is 0. The summed E-state index contributed by atoms with van der Waals surface area (Å²) in [6.45, 7) is 4.93. The molecule has 2 rings (SSSR count). The van der Waals surface area contributed by atoms with Crippen LogP contribution in [0, 0.1) is 0 Å². The van der Waals surface area contributed by atoms with Gasteiger partial charge >= 0.3 is 0 Å². The maximum Gasteiger partial charge on any atom is 0.0111 e. The largest absolute Gasteiger partial charge is 0.314 e. The van der Waals surface area contributed by atoms with Gasteiger partial charge in [0.25, 0.3) is 0 Å². The molecule has 0 saturated heterocycles. The summed E-state index contributed by atoms with van der Waals surface area (Å²) >= 11 is 0. The number of nitrogens with one attached hydrogen (secondary N) is 1. The van der Waals surface area contributed by atoms with Crippen molar-refractivity contribution in [2.24, 2.45) is 0 Å². The highest BCUT2D eigenvalue weighted by atomic mass is 14.9. The number of unbranched alkanes of at least 4 members (excludes halogenated alkanes) is 3. The molecule has 1 aliphatic rings. The van der Waals surface area contributed by atoms with Crippen LogP contribution in [0.4, 0.5) is 0 Å². The quantitative estimate of drug-likeness (QED) is 0.566. The predicted molar refractivity (Wildman–Crippen MR) is 78.9 cm³/mol. The molecule has 0 saturated carbocycles. The van der Waals surface area contributed by atoms with Gasteiger partial charge in [0.1, 0.15) is 0 Å². The van der Waals surface area contributed by atoms with Crippen LogP contribution in [0.15, 0.2) is 36.9 Å². The Kier molecular flexibility index (Phi) is 5.47. The fourth-order valence-corrected chi connectivity index (χ4v) is 2.77. The Hall–Kier alpha value is -1.08. The Labute approximate surface area is 111 Å². The normalized spacial score (nSPS) is 18.3. The molecule has 1 unspecified atom stereocenters. The average molecular weight is 243 g/mol. The number of fused-ring (bicyclic) bond motifs is 1. The lowest BCUT2D eigenvalue weighted by atomic mass is 9.88. The van der Waals surface area contributed by atoms with Crippen molar-refractivity contribution in [2.45, 2.75) is 51.0 Å². The van der Waals surface area contributed by atoms with Gasteiger partial charge in [-0.2, -0.15) is 0 Å². The highest BCUT2D eigenvalue weighted by Gasteiger charge is 2.16. The fourth-order valence-electron chi connectivity index (χ4n) is 2.77. The number of hydrogen-bond donors (Lipinski definition) is 1. The van der Waals surface area contributed by atoms with Crippen LogP contribution in [-0.2, 0) is 12.8 Å². The van der Waals surface area contributed by atoms with Crippen LogP contribution >= 0.6 is 0 Å². The van der Waals surface area contributed by atoms with E-state index in [2.05, 4.69) is 36.2 Å². The molecule has 0 aromatic heterocycles. The van der Waals surface area contributed by atoms with Crippen LogP contribution in [0.3, 0.4) is 0 Å². The van der Waals surface area contributed by atoms with Gasteiger partial charge in [-0.15, -0.1) is 6.58 Å². The van der Waals surface area contributed by atoms with Crippen molar-refractivity contribution >= 4 is 0 Å². The second-order valence-electron chi connectivity index (χ2n) is 5.30. The predicted octanol–water partition coefficient (Wildman–Crippen LogP) is 3.88. The molecule has 1 nitrogen and oxygen atoms in total. The molecule has 1 aromatic rings. The zero-order chi connectivity index (χ0) is 12.6. The van der Waals surface area contributed by atoms with Crippen LogP contribution < -0.4 is 5.32 Å². The van der Waals surface area contributed by atoms with E-state index in [1.165, 1.54) is 45.1 Å². The third-order valence-corrected chi connectivity index (χ3v) is 3.86. The van der Waals surface area contributed by atoms with Crippen LogP contribution in [0.2, 0.25) is 0 Å². The maximum atomic E-state index is 3.76. The second kappa shape index (κ2) is 7.38. The number of benzene rings is 1. The molecule has 98 valence electrons. The van der Waals surface area contributed by atoms with Crippen LogP contribution in [-0.4, -0.2) is 12.6 Å². The van der Waals surface area contributed by atoms with E-state index in [4.69, 9.17) is 0 Å². The van der Waals surface area contributed by atoms with E-state index < -0.39 is 0 Å². The van der Waals surface area contributed by atoms with Crippen LogP contribution in [0.5, 0.6) is 0 Å². The van der Waals surface area contributed by atoms with E-state index in [0.717, 1.165) is 6.42 Å². The van der Waals surface area contributed by atoms with Crippen molar-refractivity contribution in [1.29, 1.82) is 0 Å². The Morgan fingerprint density at radius 3 is 2.83 bits per heavy atom. The van der Waals surface area contributed by atoms with Crippen LogP contribution in [0.25, 0.3) is 0 Å². The van der Waals surface area contributed by atoms with Gasteiger partial charge in [-0.1, -0.05) is 36.8 Å². The number of allylic oxidation sites excluding steroid dienone is 1. The summed E-state index contributed by atoms with van der Waals surface area (Å²) in [5.41, 5.74) is 3.11. The molecule has 1 aliphatic carbocycles. The van der Waals surface area contributed by atoms with Gasteiger partial charge in [0.15, 0.2) is 0 Å². The van der Waals surface area contributed by atoms with Gasteiger partial charge in [0.2, 0.25) is 0 Å². The third-order valence-electron chi connectivity index (χ3n) is 3.86. The topological polar surface area (TPSA) is 12.0 Å². The lowest BCUT2D eigenvalue weighted by Gasteiger charge is -2.25. The van der Waals surface area contributed by atoms with Gasteiger partial charge in [-0.25, -0.2) is 0 Å². The highest BCUT2D eigenvalue weighted by Crippen LogP contribution is 2.20. The molecule has 1 atom stereocenters. The van der Waals surface area contributed by atoms with Crippen molar-refractivity contribution in [2.75, 3.05) is 6.54 Å². The zero-order valence-electron chi connectivity index (χ0n) is 11.3. The molecule has 1 heteroatoms. The summed E-state index contributed by atoms with van der Waals surface area (Å²) in [6, 6.07) is 9.58. The summed E-state index contributed by atoms with van der Waals surface area (Å²) < 4.78 is 0. The van der Waals surface area contributed by atoms with Gasteiger partial charge in [0, 0.05) is 6.04 Å². The first kappa shape index (κ1) is 13.4. The zero-order valence-corrected chi connectivity index (χ0v) is 11.3. The molecular formula is C17H25N. The lowest BCUT2D eigenvalue weighted by Crippen LogP contribution is -2.35. The monoisotopic (exact) mass is 243 g/mol. The van der Waals surface area contributed by atoms with Crippen LogP contribution in [0.1, 0.15) is 43.2 Å². The van der Waals surface area contributed by atoms with Crippen molar-refractivity contribution in [3.05, 3.63) is 48.0 Å². The molecule has 0 heterocycles. The average Bonchev–Trinajstić information content (AvgIpc) is 2.42. The van der Waals surface area contributed by atoms with E-state index >= 15 is 0 Å². The molecule has 0 aliphatic heterocycles. The lowest BCUT2D eigenvalue weighted by molar-refractivity contribution is 0.449. The molecule has 18 heavy (non-hydrogen) atoms. The summed E-state index contributed by atoms with van der Waals surface area (Å²) in [7, 11) is 0. The van der Waals surface area contributed by atoms with Crippen molar-refractivity contribution < 1.29 is 0 Å². The number of rotatable bonds is 7. The number of hydrogen-bond acceptors (Lipinski definition) is 1. The van der Waals surface area contributed by atoms with E-state index in [1.54, 1.807) is 11.1 Å². The Bertz CT molecular complexity index is 370. The first-order valence-electron chi connectivity index (χ1n) is 7.31. The summed E-state index contributed by atoms with van der Waals surface area (Å²) in [6.07, 6.45) is 10.8. The van der Waals surface area contributed by atoms with E-state index in [1.807, 2.05) is 6.08 Å². The van der Waals surface area contributed by atoms with E-state index in [0.29, 0.717) is 6.04 Å². The van der Waals surface area contributed by atoms with Gasteiger partial charge in [0.05, 0.1) is 0 Å². The van der Waals surface area contributed by atoms with Crippen molar-refractivity contribution in [3.63, 3.8) is 0 Å². The second-order valence-corrected chi connectivity index (χ2v) is 5.30. The first-order chi connectivity index (χ1) is 8.90. The fraction of sp³-hybridized carbons (Fsp3) is 0.529. The Balaban J connectivity index is 1.65. The smallest absolute Gasteiger partial charge is 0.0111 e. The molecule has 0 radical (unpaired) electrons. The van der Waals surface area contributed by atoms with E-state index in [9.17, 15) is 0 Å². The SMILES string of the molecule is C=CCCCCCNC1CCc2ccccc2C1. The minimum absolute atomic E-state index is 0.694. The minimum Gasteiger partial charge on any atom is -0.314 e. The standard InChI is InChI=1S/C17H25N/c1-2-3-4-5-8-13-18-17-12-11-15-9-6-7-10-16(15)14-17/h2,6-7,9-10,17-18H,1,3-5,8,11-14H2. The summed E-state index contributed by atoms with van der Waals surface area (Å²) in [5, 5.41) is 3.71. The molecule has 1 N–H and O–H groups in total. The van der Waals surface area contributed by atoms with Gasteiger partial charge < -0.3 is 5.32 Å². The van der Waals surface area contributed by atoms with Gasteiger partial charge in [-0.3, -0.25) is 0 Å². The Morgan fingerprint density at radius 1 is 1.17 bits per heavy atom. The number of aryl methyl sites for hydroxylation is 1. The molecule has 0 amide bonds. The molecular weight excluding hydrogens is 218 g/mol. The molecule has 0 spiro atoms. The third kappa shape index (κ3) is 3.99. The minimum atomic E-state index is 0.694.